The Labute approximate surface area is 514 Å². The van der Waals surface area contributed by atoms with Crippen molar-refractivity contribution in [2.24, 2.45) is 0 Å². The molecule has 0 atom stereocenters. The summed E-state index contributed by atoms with van der Waals surface area (Å²) in [5, 5.41) is 2.87. The Morgan fingerprint density at radius 3 is 0.827 bits per heavy atom. The zero-order valence-electron chi connectivity index (χ0n) is 55.6. The average Bonchev–Trinajstić information content (AvgIpc) is 4.10. The smallest absolute Gasteiger partial charge is 0.493 e. The normalized spacial score (nSPS) is 12.5. The number of hydrogen-bond donors (Lipinski definition) is 0. The Bertz CT molecular complexity index is 1760. The minimum Gasteiger partial charge on any atom is -0.493 e. The Balaban J connectivity index is 0.000000553. The van der Waals surface area contributed by atoms with Crippen LogP contribution in [0.25, 0.3) is 16.9 Å². The SMILES string of the molecule is CCCCCCCCCCCCCCCCCCC[CH2][Ni][CH2]CCCCCCCCCCCCCCCCCCC.CCCCCc1cc(CCCC)cc(C2=CC(CCCC)=C(c3cc(CCCC)cc(CCCCC)c3)[N+]2=[N-])c1. The van der Waals surface area contributed by atoms with Gasteiger partial charge in [0, 0.05) is 22.8 Å². The van der Waals surface area contributed by atoms with Crippen LogP contribution >= 0.6 is 0 Å². The summed E-state index contributed by atoms with van der Waals surface area (Å²) in [6.07, 6.45) is 75.5. The molecule has 0 aromatic heterocycles. The second kappa shape index (κ2) is 55.9. The molecule has 2 aromatic carbocycles. The molecule has 1 aliphatic heterocycles. The van der Waals surface area contributed by atoms with Crippen molar-refractivity contribution in [3.8, 4) is 0 Å². The monoisotopic (exact) mass is 1160 g/mol. The molecular formula is C78H138N2Ni. The van der Waals surface area contributed by atoms with Crippen molar-refractivity contribution in [1.82, 2.24) is 0 Å². The second-order valence-corrected chi connectivity index (χ2v) is 27.0. The molecule has 0 aliphatic carbocycles. The number of allylic oxidation sites excluding steroid dienone is 2. The van der Waals surface area contributed by atoms with Crippen molar-refractivity contribution in [2.45, 2.75) is 400 Å². The molecule has 0 fully saturated rings. The predicted molar refractivity (Wildman–Crippen MR) is 362 cm³/mol. The molecule has 3 rings (SSSR count). The molecule has 0 bridgehead atoms. The fourth-order valence-electron chi connectivity index (χ4n) is 12.1. The van der Waals surface area contributed by atoms with E-state index >= 15 is 0 Å². The first-order chi connectivity index (χ1) is 40.0. The van der Waals surface area contributed by atoms with E-state index in [0.717, 1.165) is 61.9 Å². The van der Waals surface area contributed by atoms with Crippen LogP contribution in [0.2, 0.25) is 10.8 Å². The first kappa shape index (κ1) is 75.1. The zero-order chi connectivity index (χ0) is 58.3. The molecule has 0 N–H and O–H groups in total. The molecule has 0 spiro atoms. The van der Waals surface area contributed by atoms with E-state index in [9.17, 15) is 5.53 Å². The third kappa shape index (κ3) is 40.1. The number of nitrogens with zero attached hydrogens (tertiary/aromatic N) is 2. The quantitative estimate of drug-likeness (QED) is 0.0358. The van der Waals surface area contributed by atoms with E-state index in [1.165, 1.54) is 344 Å². The van der Waals surface area contributed by atoms with E-state index in [-0.39, 0.29) is 0 Å². The summed E-state index contributed by atoms with van der Waals surface area (Å²) in [6.45, 7) is 16.0. The Morgan fingerprint density at radius 1 is 0.272 bits per heavy atom. The van der Waals surface area contributed by atoms with Gasteiger partial charge in [-0.25, -0.2) is 4.70 Å². The minimum absolute atomic E-state index is 0.947. The van der Waals surface area contributed by atoms with E-state index < -0.39 is 0 Å². The average molecular weight is 1160 g/mol. The number of rotatable bonds is 57. The molecular weight excluding hydrogens is 1020 g/mol. The van der Waals surface area contributed by atoms with Crippen molar-refractivity contribution >= 4 is 11.4 Å². The van der Waals surface area contributed by atoms with Crippen LogP contribution in [-0.4, -0.2) is 4.70 Å². The number of hydrogen-bond acceptors (Lipinski definition) is 0. The van der Waals surface area contributed by atoms with Gasteiger partial charge < -0.3 is 5.53 Å². The molecule has 81 heavy (non-hydrogen) atoms. The fourth-order valence-corrected chi connectivity index (χ4v) is 13.4. The van der Waals surface area contributed by atoms with Gasteiger partial charge in [-0.2, -0.15) is 0 Å². The second-order valence-electron chi connectivity index (χ2n) is 25.5. The summed E-state index contributed by atoms with van der Waals surface area (Å²) < 4.78 is 1.54. The molecule has 0 amide bonds. The molecule has 2 aromatic rings. The Morgan fingerprint density at radius 2 is 0.519 bits per heavy atom. The van der Waals surface area contributed by atoms with Crippen molar-refractivity contribution < 1.29 is 19.1 Å². The van der Waals surface area contributed by atoms with Gasteiger partial charge in [-0.3, -0.25) is 0 Å². The molecule has 2 nitrogen and oxygen atoms in total. The molecule has 470 valence electrons. The molecule has 0 saturated heterocycles. The van der Waals surface area contributed by atoms with E-state index in [0.29, 0.717) is 0 Å². The maximum atomic E-state index is 11.9. The van der Waals surface area contributed by atoms with Crippen LogP contribution in [0.15, 0.2) is 48.0 Å². The molecule has 0 unspecified atom stereocenters. The van der Waals surface area contributed by atoms with Gasteiger partial charge in [-0.1, -0.05) is 195 Å². The summed E-state index contributed by atoms with van der Waals surface area (Å²) in [6, 6.07) is 14.2. The molecule has 1 aliphatic rings. The summed E-state index contributed by atoms with van der Waals surface area (Å²) in [4.78, 5) is 0. The first-order valence-corrected chi connectivity index (χ1v) is 38.0. The van der Waals surface area contributed by atoms with Gasteiger partial charge in [0.05, 0.1) is 0 Å². The summed E-state index contributed by atoms with van der Waals surface area (Å²) in [5.74, 6) is 0. The van der Waals surface area contributed by atoms with Gasteiger partial charge in [0.25, 0.3) is 0 Å². The van der Waals surface area contributed by atoms with Crippen LogP contribution in [0.5, 0.6) is 0 Å². The molecule has 0 saturated carbocycles. The fraction of sp³-hybridized carbons (Fsp3) is 0.795. The number of aryl methyl sites for hydroxylation is 4. The zero-order valence-corrected chi connectivity index (χ0v) is 56.6. The van der Waals surface area contributed by atoms with Crippen molar-refractivity contribution in [1.29, 1.82) is 0 Å². The van der Waals surface area contributed by atoms with Gasteiger partial charge >= 0.3 is 166 Å². The van der Waals surface area contributed by atoms with E-state index in [1.807, 2.05) is 14.4 Å². The van der Waals surface area contributed by atoms with Gasteiger partial charge in [-0.15, -0.1) is 0 Å². The molecule has 0 radical (unpaired) electrons. The summed E-state index contributed by atoms with van der Waals surface area (Å²) in [7, 11) is 0. The first-order valence-electron chi connectivity index (χ1n) is 36.6. The molecule has 1 heterocycles. The van der Waals surface area contributed by atoms with Gasteiger partial charge in [0.1, 0.15) is 0 Å². The van der Waals surface area contributed by atoms with Crippen LogP contribution in [0.1, 0.15) is 396 Å². The Kier molecular flexibility index (Phi) is 51.8. The number of benzene rings is 2. The van der Waals surface area contributed by atoms with Gasteiger partial charge in [0.2, 0.25) is 11.4 Å². The van der Waals surface area contributed by atoms with Crippen LogP contribution in [0, 0.1) is 0 Å². The van der Waals surface area contributed by atoms with Crippen LogP contribution in [-0.2, 0) is 40.1 Å². The third-order valence-corrected chi connectivity index (χ3v) is 18.9. The van der Waals surface area contributed by atoms with Gasteiger partial charge in [-0.05, 0) is 111 Å². The minimum atomic E-state index is 0.947. The standard InChI is InChI=1S/C38H56N2.2C20H41.Ni/c1-6-11-16-20-32-23-30(18-13-8-3)25-35(26-32)37-29-34(22-15-10-5)38(40(37)39)36-27-31(19-14-9-4)24-33(28-36)21-17-12-7-2;2*1-3-5-7-9-11-13-15-17-19-20-18-16-14-12-10-8-6-4-2;/h23-29H,6-22H2,1-5H3;2*1,3-20H2,2H3;. The van der Waals surface area contributed by atoms with E-state index in [1.54, 1.807) is 0 Å². The van der Waals surface area contributed by atoms with Crippen LogP contribution in [0.3, 0.4) is 0 Å². The number of unbranched alkanes of at least 4 members (excludes halogenated alkanes) is 41. The van der Waals surface area contributed by atoms with E-state index in [4.69, 9.17) is 0 Å². The van der Waals surface area contributed by atoms with Gasteiger partial charge in [0.15, 0.2) is 0 Å². The van der Waals surface area contributed by atoms with Crippen molar-refractivity contribution in [2.75, 3.05) is 0 Å². The maximum absolute atomic E-state index is 11.9. The predicted octanol–water partition coefficient (Wildman–Crippen LogP) is 27.8. The molecule has 3 heteroatoms. The third-order valence-electron chi connectivity index (χ3n) is 17.5. The van der Waals surface area contributed by atoms with Crippen molar-refractivity contribution in [3.05, 3.63) is 87.0 Å². The van der Waals surface area contributed by atoms with E-state index in [2.05, 4.69) is 90.9 Å². The van der Waals surface area contributed by atoms with Crippen molar-refractivity contribution in [3.63, 3.8) is 0 Å². The van der Waals surface area contributed by atoms with Crippen LogP contribution < -0.4 is 0 Å². The summed E-state index contributed by atoms with van der Waals surface area (Å²) >= 11 is 2.05. The topological polar surface area (TPSA) is 25.3 Å². The Hall–Kier alpha value is -1.99. The summed E-state index contributed by atoms with van der Waals surface area (Å²) in [5.41, 5.74) is 23.1. The van der Waals surface area contributed by atoms with Crippen LogP contribution in [0.4, 0.5) is 0 Å².